The van der Waals surface area contributed by atoms with Gasteiger partial charge in [-0.1, -0.05) is 12.1 Å². The van der Waals surface area contributed by atoms with E-state index in [0.717, 1.165) is 12.1 Å². The lowest BCUT2D eigenvalue weighted by atomic mass is 10.1. The Morgan fingerprint density at radius 3 is 2.77 bits per heavy atom. The van der Waals surface area contributed by atoms with Crippen LogP contribution in [0.3, 0.4) is 0 Å². The van der Waals surface area contributed by atoms with Gasteiger partial charge in [-0.25, -0.2) is 13.2 Å². The number of Topliss-reactive ketones (excluding diaryl/α,β-unsaturated/α-hetero) is 1. The van der Waals surface area contributed by atoms with E-state index in [1.807, 2.05) is 0 Å². The van der Waals surface area contributed by atoms with E-state index in [9.17, 15) is 22.8 Å². The van der Waals surface area contributed by atoms with E-state index in [2.05, 4.69) is 6.58 Å². The molecule has 0 saturated carbocycles. The summed E-state index contributed by atoms with van der Waals surface area (Å²) < 4.78 is 39.9. The van der Waals surface area contributed by atoms with Crippen molar-refractivity contribution >= 4 is 11.7 Å². The van der Waals surface area contributed by atoms with E-state index < -0.39 is 17.5 Å². The monoisotopic (exact) mass is 312 g/mol. The summed E-state index contributed by atoms with van der Waals surface area (Å²) in [7, 11) is 0. The van der Waals surface area contributed by atoms with Crippen molar-refractivity contribution in [2.75, 3.05) is 0 Å². The van der Waals surface area contributed by atoms with Gasteiger partial charge in [0, 0.05) is 38.8 Å². The normalized spacial score (nSPS) is 17.9. The minimum Gasteiger partial charge on any atom is -0.335 e. The van der Waals surface area contributed by atoms with E-state index in [-0.39, 0.29) is 44.1 Å². The predicted molar refractivity (Wildman–Crippen MR) is 76.1 cm³/mol. The molecule has 0 aromatic heterocycles. The molecule has 1 aliphatic heterocycles. The lowest BCUT2D eigenvalue weighted by Crippen LogP contribution is -2.34. The summed E-state index contributed by atoms with van der Waals surface area (Å²) in [6.45, 7) is 3.24. The maximum atomic E-state index is 13.7. The Bertz CT molecular complexity index is 622. The number of hydrogen-bond acceptors (Lipinski definition) is 2. The molecule has 1 unspecified atom stereocenters. The number of likely N-dealkylation sites (tertiary alicyclic amines) is 1. The maximum Gasteiger partial charge on any atom is 0.223 e. The van der Waals surface area contributed by atoms with E-state index in [1.165, 1.54) is 17.4 Å². The van der Waals surface area contributed by atoms with Gasteiger partial charge >= 0.3 is 0 Å². The van der Waals surface area contributed by atoms with Crippen LogP contribution in [0.2, 0.25) is 0 Å². The summed E-state index contributed by atoms with van der Waals surface area (Å²) in [6.07, 6.45) is 3.48. The molecular formula is C16H17F3NO2. The fourth-order valence-electron chi connectivity index (χ4n) is 2.53. The van der Waals surface area contributed by atoms with Gasteiger partial charge < -0.3 is 4.90 Å². The third-order valence-corrected chi connectivity index (χ3v) is 3.65. The molecule has 3 nitrogen and oxygen atoms in total. The number of carbonyl (C=O) groups is 2. The molecule has 1 aromatic carbocycles. The molecule has 1 amide bonds. The predicted octanol–water partition coefficient (Wildman–Crippen LogP) is 3.19. The molecule has 0 bridgehead atoms. The van der Waals surface area contributed by atoms with Gasteiger partial charge in [-0.05, 0) is 12.5 Å². The zero-order valence-corrected chi connectivity index (χ0v) is 11.8. The average Bonchev–Trinajstić information content (AvgIpc) is 2.81. The molecule has 2 rings (SSSR count). The van der Waals surface area contributed by atoms with Crippen molar-refractivity contribution < 1.29 is 24.2 Å². The average molecular weight is 312 g/mol. The van der Waals surface area contributed by atoms with Crippen molar-refractivity contribution in [3.05, 3.63) is 54.2 Å². The van der Waals surface area contributed by atoms with Crippen LogP contribution in [0.4, 0.5) is 13.2 Å². The standard InChI is InChI=1S/C16H15F3NO2.H2/c1-2-3-12(21)8-11-5-7-14(22)20(11)9-10-4-6-13(17)16(19)15(10)18;/h2-4,6,11H,1,5,7-9H2;1H. The maximum absolute atomic E-state index is 13.7. The quantitative estimate of drug-likeness (QED) is 0.757. The zero-order chi connectivity index (χ0) is 16.3. The first-order valence-electron chi connectivity index (χ1n) is 6.84. The second kappa shape index (κ2) is 6.77. The minimum atomic E-state index is -1.56. The number of nitrogens with zero attached hydrogens (tertiary/aromatic N) is 1. The van der Waals surface area contributed by atoms with Crippen molar-refractivity contribution in [3.8, 4) is 0 Å². The topological polar surface area (TPSA) is 37.4 Å². The van der Waals surface area contributed by atoms with E-state index >= 15 is 0 Å². The van der Waals surface area contributed by atoms with Gasteiger partial charge in [0.1, 0.15) is 5.78 Å². The molecule has 119 valence electrons. The summed E-state index contributed by atoms with van der Waals surface area (Å²) in [6, 6.07) is 1.55. The highest BCUT2D eigenvalue weighted by atomic mass is 19.2. The smallest absolute Gasteiger partial charge is 0.223 e. The highest BCUT2D eigenvalue weighted by Gasteiger charge is 2.33. The van der Waals surface area contributed by atoms with Gasteiger partial charge in [0.05, 0.1) is 0 Å². The first-order valence-corrected chi connectivity index (χ1v) is 6.84. The number of rotatable bonds is 6. The third-order valence-electron chi connectivity index (χ3n) is 3.65. The Morgan fingerprint density at radius 1 is 1.36 bits per heavy atom. The number of halogens is 3. The van der Waals surface area contributed by atoms with Crippen LogP contribution in [0.25, 0.3) is 0 Å². The molecule has 0 spiro atoms. The fraction of sp³-hybridized carbons (Fsp3) is 0.312. The molecule has 1 atom stereocenters. The lowest BCUT2D eigenvalue weighted by molar-refractivity contribution is -0.130. The summed E-state index contributed by atoms with van der Waals surface area (Å²) in [5.74, 6) is -4.56. The van der Waals surface area contributed by atoms with Crippen molar-refractivity contribution in [1.29, 1.82) is 0 Å². The Hall–Kier alpha value is -2.11. The first-order chi connectivity index (χ1) is 10.4. The molecule has 6 heteroatoms. The second-order valence-electron chi connectivity index (χ2n) is 5.12. The molecule has 1 aliphatic rings. The Morgan fingerprint density at radius 2 is 2.09 bits per heavy atom. The van der Waals surface area contributed by atoms with Crippen LogP contribution >= 0.6 is 0 Å². The SMILES string of the molecule is C=C[CH]C(=O)CC1CCC(=O)N1Cc1ccc(F)c(F)c1F.[HH]. The number of ketones is 1. The van der Waals surface area contributed by atoms with Gasteiger partial charge in [-0.2, -0.15) is 0 Å². The number of amides is 1. The zero-order valence-electron chi connectivity index (χ0n) is 11.8. The van der Waals surface area contributed by atoms with Crippen LogP contribution in [0.1, 0.15) is 26.3 Å². The molecule has 0 N–H and O–H groups in total. The van der Waals surface area contributed by atoms with Crippen LogP contribution in [-0.4, -0.2) is 22.6 Å². The summed E-state index contributed by atoms with van der Waals surface area (Å²) in [5, 5.41) is 0. The van der Waals surface area contributed by atoms with Crippen LogP contribution in [-0.2, 0) is 16.1 Å². The van der Waals surface area contributed by atoms with E-state index in [1.54, 1.807) is 0 Å². The molecule has 0 aliphatic carbocycles. The largest absolute Gasteiger partial charge is 0.335 e. The number of hydrogen-bond donors (Lipinski definition) is 0. The van der Waals surface area contributed by atoms with Gasteiger partial charge in [0.15, 0.2) is 17.5 Å². The Labute approximate surface area is 127 Å². The van der Waals surface area contributed by atoms with Gasteiger partial charge in [-0.3, -0.25) is 9.59 Å². The molecule has 1 heterocycles. The number of allylic oxidation sites excluding steroid dienone is 1. The third kappa shape index (κ3) is 3.37. The summed E-state index contributed by atoms with van der Waals surface area (Å²) >= 11 is 0. The van der Waals surface area contributed by atoms with E-state index in [0.29, 0.717) is 6.42 Å². The Balaban J connectivity index is 0.00000264. The van der Waals surface area contributed by atoms with Crippen molar-refractivity contribution in [2.45, 2.75) is 31.8 Å². The van der Waals surface area contributed by atoms with Crippen LogP contribution in [0, 0.1) is 23.9 Å². The summed E-state index contributed by atoms with van der Waals surface area (Å²) in [5.41, 5.74) is -0.112. The highest BCUT2D eigenvalue weighted by molar-refractivity contribution is 5.90. The van der Waals surface area contributed by atoms with Gasteiger partial charge in [0.25, 0.3) is 0 Å². The Kier molecular flexibility index (Phi) is 5.00. The molecule has 1 aromatic rings. The van der Waals surface area contributed by atoms with Crippen LogP contribution in [0.15, 0.2) is 24.8 Å². The molecule has 1 saturated heterocycles. The molecule has 1 fully saturated rings. The molecular weight excluding hydrogens is 295 g/mol. The van der Waals surface area contributed by atoms with E-state index in [4.69, 9.17) is 0 Å². The van der Waals surface area contributed by atoms with Crippen molar-refractivity contribution in [3.63, 3.8) is 0 Å². The van der Waals surface area contributed by atoms with Crippen molar-refractivity contribution in [2.24, 2.45) is 0 Å². The second-order valence-corrected chi connectivity index (χ2v) is 5.12. The highest BCUT2D eigenvalue weighted by Crippen LogP contribution is 2.26. The van der Waals surface area contributed by atoms with Gasteiger partial charge in [0.2, 0.25) is 5.91 Å². The number of benzene rings is 1. The number of carbonyl (C=O) groups excluding carboxylic acids is 2. The first kappa shape index (κ1) is 16.3. The van der Waals surface area contributed by atoms with Crippen molar-refractivity contribution in [1.82, 2.24) is 4.90 Å². The summed E-state index contributed by atoms with van der Waals surface area (Å²) in [4.78, 5) is 24.8. The molecule has 22 heavy (non-hydrogen) atoms. The van der Waals surface area contributed by atoms with Crippen LogP contribution in [0.5, 0.6) is 0 Å². The fourth-order valence-corrected chi connectivity index (χ4v) is 2.53. The minimum absolute atomic E-state index is 0. The molecule has 1 radical (unpaired) electrons. The lowest BCUT2D eigenvalue weighted by Gasteiger charge is -2.24. The van der Waals surface area contributed by atoms with Gasteiger partial charge in [-0.15, -0.1) is 6.58 Å². The van der Waals surface area contributed by atoms with Crippen LogP contribution < -0.4 is 0 Å².